The molecule has 2 aromatic carbocycles. The minimum atomic E-state index is -0.420. The minimum absolute atomic E-state index is 0.301. The van der Waals surface area contributed by atoms with E-state index in [-0.39, 0.29) is 0 Å². The van der Waals surface area contributed by atoms with Crippen molar-refractivity contribution in [2.24, 2.45) is 10.7 Å². The first-order chi connectivity index (χ1) is 14.1. The summed E-state index contributed by atoms with van der Waals surface area (Å²) >= 11 is 0. The number of nitrogens with two attached hydrogens (primary N) is 1. The quantitative estimate of drug-likeness (QED) is 0.493. The van der Waals surface area contributed by atoms with Crippen molar-refractivity contribution in [2.45, 2.75) is 25.9 Å². The van der Waals surface area contributed by atoms with E-state index in [1.54, 1.807) is 19.2 Å². The number of para-hydroxylation sites is 2. The lowest BCUT2D eigenvalue weighted by atomic mass is 10.1. The first-order valence-electron chi connectivity index (χ1n) is 9.92. The van der Waals surface area contributed by atoms with Gasteiger partial charge in [-0.25, -0.2) is 4.99 Å². The standard InChI is InChI=1S/C22H29N5O2/c1-3-24-22(25-14-16-8-10-17(11-9-16)21(23)28)26-18-12-13-27(15-18)19-6-4-5-7-20(19)29-2/h4-11,18H,3,12-15H2,1-2H3,(H2,23,28)(H2,24,25,26). The Bertz CT molecular complexity index is 851. The molecule has 4 N–H and O–H groups in total. The van der Waals surface area contributed by atoms with Crippen LogP contribution in [0.1, 0.15) is 29.3 Å². The van der Waals surface area contributed by atoms with E-state index in [9.17, 15) is 4.79 Å². The molecule has 0 bridgehead atoms. The van der Waals surface area contributed by atoms with Gasteiger partial charge in [-0.15, -0.1) is 0 Å². The summed E-state index contributed by atoms with van der Waals surface area (Å²) in [5, 5.41) is 6.84. The van der Waals surface area contributed by atoms with Gasteiger partial charge < -0.3 is 26.0 Å². The Morgan fingerprint density at radius 3 is 2.69 bits per heavy atom. The van der Waals surface area contributed by atoms with Gasteiger partial charge in [0, 0.05) is 31.2 Å². The van der Waals surface area contributed by atoms with Crippen LogP contribution in [0.2, 0.25) is 0 Å². The Morgan fingerprint density at radius 1 is 1.24 bits per heavy atom. The lowest BCUT2D eigenvalue weighted by molar-refractivity contribution is 0.100. The number of rotatable bonds is 7. The lowest BCUT2D eigenvalue weighted by Crippen LogP contribution is -2.44. The third kappa shape index (κ3) is 5.40. The van der Waals surface area contributed by atoms with Crippen LogP contribution in [0.4, 0.5) is 5.69 Å². The Kier molecular flexibility index (Phi) is 6.94. The summed E-state index contributed by atoms with van der Waals surface area (Å²) in [6.45, 7) is 5.21. The number of primary amides is 1. The van der Waals surface area contributed by atoms with E-state index >= 15 is 0 Å². The van der Waals surface area contributed by atoms with Gasteiger partial charge in [0.25, 0.3) is 0 Å². The van der Waals surface area contributed by atoms with E-state index in [2.05, 4.69) is 33.5 Å². The maximum atomic E-state index is 11.2. The van der Waals surface area contributed by atoms with E-state index in [0.717, 1.165) is 49.0 Å². The number of methoxy groups -OCH3 is 1. The van der Waals surface area contributed by atoms with Gasteiger partial charge in [0.05, 0.1) is 19.3 Å². The number of aliphatic imine (C=N–C) groups is 1. The van der Waals surface area contributed by atoms with E-state index in [4.69, 9.17) is 10.5 Å². The van der Waals surface area contributed by atoms with Crippen LogP contribution in [0.25, 0.3) is 0 Å². The number of nitrogens with zero attached hydrogens (tertiary/aromatic N) is 2. The van der Waals surface area contributed by atoms with Crippen molar-refractivity contribution in [2.75, 3.05) is 31.6 Å². The van der Waals surface area contributed by atoms with E-state index < -0.39 is 5.91 Å². The molecule has 1 atom stereocenters. The molecule has 7 nitrogen and oxygen atoms in total. The molecule has 7 heteroatoms. The van der Waals surface area contributed by atoms with Crippen LogP contribution in [-0.4, -0.2) is 44.7 Å². The number of hydrogen-bond donors (Lipinski definition) is 3. The van der Waals surface area contributed by atoms with Crippen molar-refractivity contribution in [3.63, 3.8) is 0 Å². The van der Waals surface area contributed by atoms with E-state index in [1.165, 1.54) is 0 Å². The van der Waals surface area contributed by atoms with Gasteiger partial charge in [0.15, 0.2) is 5.96 Å². The fraction of sp³-hybridized carbons (Fsp3) is 0.364. The topological polar surface area (TPSA) is 92.0 Å². The Hall–Kier alpha value is -3.22. The number of guanidine groups is 1. The first-order valence-corrected chi connectivity index (χ1v) is 9.92. The molecular weight excluding hydrogens is 366 g/mol. The summed E-state index contributed by atoms with van der Waals surface area (Å²) in [5.74, 6) is 1.27. The molecule has 1 unspecified atom stereocenters. The lowest BCUT2D eigenvalue weighted by Gasteiger charge is -2.22. The molecule has 0 spiro atoms. The molecule has 3 rings (SSSR count). The van der Waals surface area contributed by atoms with Crippen LogP contribution in [0, 0.1) is 0 Å². The van der Waals surface area contributed by atoms with Gasteiger partial charge in [0.1, 0.15) is 5.75 Å². The molecule has 0 aliphatic carbocycles. The molecule has 1 amide bonds. The van der Waals surface area contributed by atoms with Crippen molar-refractivity contribution in [1.29, 1.82) is 0 Å². The number of ether oxygens (including phenoxy) is 1. The van der Waals surface area contributed by atoms with E-state index in [0.29, 0.717) is 18.2 Å². The smallest absolute Gasteiger partial charge is 0.248 e. The highest BCUT2D eigenvalue weighted by Gasteiger charge is 2.25. The second-order valence-electron chi connectivity index (χ2n) is 7.00. The number of carbonyl (C=O) groups excluding carboxylic acids is 1. The predicted octanol–water partition coefficient (Wildman–Crippen LogP) is 2.13. The number of nitrogens with one attached hydrogen (secondary N) is 2. The van der Waals surface area contributed by atoms with Gasteiger partial charge in [-0.05, 0) is 43.2 Å². The predicted molar refractivity (Wildman–Crippen MR) is 117 cm³/mol. The molecule has 1 aliphatic heterocycles. The van der Waals surface area contributed by atoms with E-state index in [1.807, 2.05) is 30.3 Å². The molecule has 1 aliphatic rings. The summed E-state index contributed by atoms with van der Waals surface area (Å²) < 4.78 is 5.50. The van der Waals surface area contributed by atoms with Crippen molar-refractivity contribution in [3.8, 4) is 5.75 Å². The largest absolute Gasteiger partial charge is 0.495 e. The zero-order valence-corrected chi connectivity index (χ0v) is 17.0. The summed E-state index contributed by atoms with van der Waals surface area (Å²) in [6, 6.07) is 15.6. The van der Waals surface area contributed by atoms with Crippen LogP contribution < -0.4 is 26.0 Å². The number of carbonyl (C=O) groups is 1. The Labute approximate surface area is 172 Å². The van der Waals surface area contributed by atoms with Gasteiger partial charge in [0.2, 0.25) is 5.91 Å². The highest BCUT2D eigenvalue weighted by atomic mass is 16.5. The summed E-state index contributed by atoms with van der Waals surface area (Å²) in [7, 11) is 1.70. The SMILES string of the molecule is CCNC(=NCc1ccc(C(N)=O)cc1)NC1CCN(c2ccccc2OC)C1. The van der Waals surface area contributed by atoms with Crippen LogP contribution in [0.5, 0.6) is 5.75 Å². The molecular formula is C22H29N5O2. The summed E-state index contributed by atoms with van der Waals surface area (Å²) in [4.78, 5) is 18.2. The average molecular weight is 396 g/mol. The monoisotopic (exact) mass is 395 g/mol. The van der Waals surface area contributed by atoms with Gasteiger partial charge in [-0.2, -0.15) is 0 Å². The molecule has 0 aromatic heterocycles. The second kappa shape index (κ2) is 9.82. The number of hydrogen-bond acceptors (Lipinski definition) is 4. The van der Waals surface area contributed by atoms with Crippen molar-refractivity contribution >= 4 is 17.6 Å². The van der Waals surface area contributed by atoms with Crippen LogP contribution in [0.15, 0.2) is 53.5 Å². The van der Waals surface area contributed by atoms with Crippen LogP contribution >= 0.6 is 0 Å². The number of amides is 1. The number of anilines is 1. The van der Waals surface area contributed by atoms with Gasteiger partial charge >= 0.3 is 0 Å². The number of benzene rings is 2. The third-order valence-corrected chi connectivity index (χ3v) is 4.96. The highest BCUT2D eigenvalue weighted by molar-refractivity contribution is 5.92. The van der Waals surface area contributed by atoms with Crippen LogP contribution in [-0.2, 0) is 6.54 Å². The van der Waals surface area contributed by atoms with Gasteiger partial charge in [-0.3, -0.25) is 4.79 Å². The fourth-order valence-electron chi connectivity index (χ4n) is 3.45. The summed E-state index contributed by atoms with van der Waals surface area (Å²) in [6.07, 6.45) is 1.02. The fourth-order valence-corrected chi connectivity index (χ4v) is 3.45. The Balaban J connectivity index is 1.61. The molecule has 1 fully saturated rings. The van der Waals surface area contributed by atoms with Crippen molar-refractivity contribution in [1.82, 2.24) is 10.6 Å². The van der Waals surface area contributed by atoms with Crippen molar-refractivity contribution in [3.05, 3.63) is 59.7 Å². The third-order valence-electron chi connectivity index (χ3n) is 4.96. The van der Waals surface area contributed by atoms with Crippen molar-refractivity contribution < 1.29 is 9.53 Å². The van der Waals surface area contributed by atoms with Crippen LogP contribution in [0.3, 0.4) is 0 Å². The minimum Gasteiger partial charge on any atom is -0.495 e. The van der Waals surface area contributed by atoms with Gasteiger partial charge in [-0.1, -0.05) is 24.3 Å². The maximum Gasteiger partial charge on any atom is 0.248 e. The molecule has 1 heterocycles. The molecule has 2 aromatic rings. The molecule has 0 radical (unpaired) electrons. The first kappa shape index (κ1) is 20.5. The zero-order valence-electron chi connectivity index (χ0n) is 17.0. The molecule has 0 saturated carbocycles. The average Bonchev–Trinajstić information content (AvgIpc) is 3.20. The molecule has 29 heavy (non-hydrogen) atoms. The second-order valence-corrected chi connectivity index (χ2v) is 7.00. The molecule has 1 saturated heterocycles. The normalized spacial score (nSPS) is 16.6. The highest BCUT2D eigenvalue weighted by Crippen LogP contribution is 2.30. The zero-order chi connectivity index (χ0) is 20.6. The maximum absolute atomic E-state index is 11.2. The Morgan fingerprint density at radius 2 is 2.00 bits per heavy atom. The molecule has 154 valence electrons. The summed E-state index contributed by atoms with van der Waals surface area (Å²) in [5.41, 5.74) is 7.94.